The highest BCUT2D eigenvalue weighted by molar-refractivity contribution is 6.13. The number of nitrogens with zero attached hydrogens (tertiary/aromatic N) is 16. The molecule has 0 spiro atoms. The van der Waals surface area contributed by atoms with Crippen LogP contribution in [0.25, 0.3) is 112 Å². The molecule has 72 heavy (non-hydrogen) atoms. The summed E-state index contributed by atoms with van der Waals surface area (Å²) < 4.78 is 4.43. The molecule has 0 fully saturated rings. The predicted molar refractivity (Wildman–Crippen MR) is 276 cm³/mol. The summed E-state index contributed by atoms with van der Waals surface area (Å²) >= 11 is 0. The highest BCUT2D eigenvalue weighted by Gasteiger charge is 2.23. The van der Waals surface area contributed by atoms with Gasteiger partial charge in [0, 0.05) is 49.4 Å². The molecule has 0 bridgehead atoms. The molecule has 0 saturated heterocycles. The van der Waals surface area contributed by atoms with Crippen molar-refractivity contribution in [3.8, 4) is 74.3 Å². The Morgan fingerprint density at radius 3 is 0.972 bits per heavy atom. The molecule has 0 amide bonds. The number of hydrogen-bond acceptors (Lipinski definition) is 14. The molecule has 12 rings (SSSR count). The zero-order chi connectivity index (χ0) is 49.5. The lowest BCUT2D eigenvalue weighted by atomic mass is 10.0. The van der Waals surface area contributed by atoms with Crippen molar-refractivity contribution >= 4 is 43.6 Å². The van der Waals surface area contributed by atoms with Crippen LogP contribution in [0, 0.1) is 66.7 Å². The number of pyridine rings is 1. The summed E-state index contributed by atoms with van der Waals surface area (Å²) in [7, 11) is 0. The summed E-state index contributed by atoms with van der Waals surface area (Å²) in [6, 6.07) is 37.2. The van der Waals surface area contributed by atoms with Crippen molar-refractivity contribution in [1.29, 1.82) is 5.26 Å². The lowest BCUT2D eigenvalue weighted by molar-refractivity contribution is 0.928. The number of benzene rings is 5. The Kier molecular flexibility index (Phi) is 10.2. The van der Waals surface area contributed by atoms with E-state index in [1.165, 1.54) is 0 Å². The zero-order valence-electron chi connectivity index (χ0n) is 40.5. The van der Waals surface area contributed by atoms with Gasteiger partial charge in [-0.2, -0.15) is 5.26 Å². The molecule has 0 saturated carbocycles. The van der Waals surface area contributed by atoms with Crippen molar-refractivity contribution in [2.24, 2.45) is 0 Å². The second-order valence-electron chi connectivity index (χ2n) is 17.9. The summed E-state index contributed by atoms with van der Waals surface area (Å²) in [6.45, 7) is 15.0. The molecule has 16 nitrogen and oxygen atoms in total. The molecule has 7 aromatic heterocycles. The quantitative estimate of drug-likeness (QED) is 0.146. The molecular weight excluding hydrogens is 897 g/mol. The van der Waals surface area contributed by atoms with Crippen LogP contribution in [-0.4, -0.2) is 73.9 Å². The summed E-state index contributed by atoms with van der Waals surface area (Å²) in [5.41, 5.74) is 10.3. The van der Waals surface area contributed by atoms with Crippen molar-refractivity contribution in [1.82, 2.24) is 73.9 Å². The van der Waals surface area contributed by atoms with E-state index in [-0.39, 0.29) is 0 Å². The van der Waals surface area contributed by atoms with Crippen molar-refractivity contribution < 1.29 is 0 Å². The van der Waals surface area contributed by atoms with Crippen LogP contribution in [0.4, 0.5) is 0 Å². The lowest BCUT2D eigenvalue weighted by Crippen LogP contribution is -2.04. The molecule has 7 heterocycles. The molecule has 0 aliphatic carbocycles. The molecule has 0 atom stereocenters. The lowest BCUT2D eigenvalue weighted by Gasteiger charge is -2.17. The van der Waals surface area contributed by atoms with Crippen molar-refractivity contribution in [2.75, 3.05) is 0 Å². The van der Waals surface area contributed by atoms with Crippen molar-refractivity contribution in [2.45, 2.75) is 55.4 Å². The van der Waals surface area contributed by atoms with Crippen LogP contribution in [-0.2, 0) is 0 Å². The van der Waals surface area contributed by atoms with Gasteiger partial charge in [-0.25, -0.2) is 64.8 Å². The standard InChI is InChI=1S/C56H42N16/c1-28-59-29(2)64-53(63-28)38-13-17-47-43(21-38)44-22-39(54-65-30(3)60-31(4)66-54)14-18-48(44)71(47)51-27-58-52(25-42(51)37-11-9-36(26-57)10-12-37)72-49-19-15-40(55-67-32(5)61-33(6)68-55)23-45(49)46-24-41(16-20-50(46)72)56-69-34(7)62-35(8)70-56/h9-25,27H,1-8H3. The van der Waals surface area contributed by atoms with Gasteiger partial charge >= 0.3 is 0 Å². The normalized spacial score (nSPS) is 11.6. The van der Waals surface area contributed by atoms with Gasteiger partial charge in [0.25, 0.3) is 0 Å². The first-order valence-corrected chi connectivity index (χ1v) is 23.3. The van der Waals surface area contributed by atoms with E-state index in [4.69, 9.17) is 44.9 Å². The minimum Gasteiger partial charge on any atom is -0.307 e. The summed E-state index contributed by atoms with van der Waals surface area (Å²) in [4.78, 5) is 60.9. The topological polar surface area (TPSA) is 201 Å². The fourth-order valence-corrected chi connectivity index (χ4v) is 9.78. The highest BCUT2D eigenvalue weighted by atomic mass is 15.1. The van der Waals surface area contributed by atoms with Crippen LogP contribution in [0.15, 0.2) is 109 Å². The molecule has 346 valence electrons. The Morgan fingerprint density at radius 1 is 0.347 bits per heavy atom. The van der Waals surface area contributed by atoms with Gasteiger partial charge in [-0.05, 0) is 152 Å². The third-order valence-electron chi connectivity index (χ3n) is 12.7. The van der Waals surface area contributed by atoms with Gasteiger partial charge in [0.05, 0.1) is 45.6 Å². The average Bonchev–Trinajstić information content (AvgIpc) is 3.86. The maximum atomic E-state index is 9.91. The smallest absolute Gasteiger partial charge is 0.163 e. The van der Waals surface area contributed by atoms with Crippen LogP contribution in [0.2, 0.25) is 0 Å². The van der Waals surface area contributed by atoms with Crippen LogP contribution in [0.3, 0.4) is 0 Å². The van der Waals surface area contributed by atoms with Crippen LogP contribution >= 0.6 is 0 Å². The van der Waals surface area contributed by atoms with Gasteiger partial charge in [0.1, 0.15) is 52.4 Å². The first-order valence-electron chi connectivity index (χ1n) is 23.3. The van der Waals surface area contributed by atoms with E-state index in [0.29, 0.717) is 81.3 Å². The zero-order valence-corrected chi connectivity index (χ0v) is 40.5. The Hall–Kier alpha value is -9.62. The number of nitriles is 1. The van der Waals surface area contributed by atoms with E-state index in [1.807, 2.05) is 98.0 Å². The third-order valence-corrected chi connectivity index (χ3v) is 12.7. The van der Waals surface area contributed by atoms with Crippen LogP contribution in [0.1, 0.15) is 52.2 Å². The van der Waals surface area contributed by atoms with Crippen molar-refractivity contribution in [3.63, 3.8) is 0 Å². The molecule has 16 heteroatoms. The summed E-state index contributed by atoms with van der Waals surface area (Å²) in [5.74, 6) is 8.22. The number of rotatable bonds is 7. The number of aryl methyl sites for hydroxylation is 8. The second-order valence-corrected chi connectivity index (χ2v) is 17.9. The SMILES string of the molecule is Cc1nc(C)nc(-c2ccc3c(c2)c2cc(-c4nc(C)nc(C)n4)ccc2n3-c2cc(-c3ccc(C#N)cc3)c(-n3c4ccc(-c5nc(C)nc(C)n5)cc4c4cc(-c5nc(C)nc(C)n5)ccc43)cn2)n1. The van der Waals surface area contributed by atoms with E-state index < -0.39 is 0 Å². The van der Waals surface area contributed by atoms with E-state index in [9.17, 15) is 5.26 Å². The molecule has 0 radical (unpaired) electrons. The highest BCUT2D eigenvalue weighted by Crippen LogP contribution is 2.41. The molecule has 0 aliphatic rings. The van der Waals surface area contributed by atoms with Crippen LogP contribution < -0.4 is 0 Å². The average molecular weight is 939 g/mol. The maximum Gasteiger partial charge on any atom is 0.163 e. The maximum absolute atomic E-state index is 9.91. The first-order chi connectivity index (χ1) is 34.8. The second kappa shape index (κ2) is 16.8. The van der Waals surface area contributed by atoms with E-state index in [0.717, 1.165) is 82.7 Å². The van der Waals surface area contributed by atoms with Gasteiger partial charge in [0.2, 0.25) is 0 Å². The third kappa shape index (κ3) is 7.60. The van der Waals surface area contributed by atoms with Gasteiger partial charge in [-0.1, -0.05) is 12.1 Å². The number of hydrogen-bond donors (Lipinski definition) is 0. The molecule has 0 N–H and O–H groups in total. The number of fused-ring (bicyclic) bond motifs is 6. The van der Waals surface area contributed by atoms with Gasteiger partial charge in [-0.3, -0.25) is 4.57 Å². The molecule has 12 aromatic rings. The minimum absolute atomic E-state index is 0.556. The molecule has 0 aliphatic heterocycles. The minimum atomic E-state index is 0.556. The van der Waals surface area contributed by atoms with E-state index >= 15 is 0 Å². The Bertz CT molecular complexity index is 3980. The summed E-state index contributed by atoms with van der Waals surface area (Å²) in [6.07, 6.45) is 1.94. The fourth-order valence-electron chi connectivity index (χ4n) is 9.78. The Labute approximate surface area is 412 Å². The fraction of sp³-hybridized carbons (Fsp3) is 0.143. The monoisotopic (exact) mass is 938 g/mol. The summed E-state index contributed by atoms with van der Waals surface area (Å²) in [5, 5.41) is 13.8. The Morgan fingerprint density at radius 2 is 0.653 bits per heavy atom. The Balaban J connectivity index is 1.12. The molecule has 5 aromatic carbocycles. The van der Waals surface area contributed by atoms with Gasteiger partial charge < -0.3 is 4.57 Å². The van der Waals surface area contributed by atoms with E-state index in [2.05, 4.69) is 102 Å². The van der Waals surface area contributed by atoms with Crippen LogP contribution in [0.5, 0.6) is 0 Å². The van der Waals surface area contributed by atoms with E-state index in [1.54, 1.807) is 0 Å². The number of aromatic nitrogens is 15. The van der Waals surface area contributed by atoms with Gasteiger partial charge in [0.15, 0.2) is 23.3 Å². The van der Waals surface area contributed by atoms with Gasteiger partial charge in [-0.15, -0.1) is 0 Å². The van der Waals surface area contributed by atoms with Crippen molar-refractivity contribution in [3.05, 3.63) is 161 Å². The molecule has 0 unspecified atom stereocenters. The largest absolute Gasteiger partial charge is 0.307 e. The first kappa shape index (κ1) is 43.6. The predicted octanol–water partition coefficient (Wildman–Crippen LogP) is 10.7. The molecular formula is C56H42N16.